The normalized spacial score (nSPS) is 17.3. The molecule has 1 aliphatic heterocycles. The zero-order chi connectivity index (χ0) is 21.2. The molecule has 0 spiro atoms. The van der Waals surface area contributed by atoms with Crippen molar-refractivity contribution in [1.82, 2.24) is 20.2 Å². The van der Waals surface area contributed by atoms with Gasteiger partial charge in [-0.1, -0.05) is 18.2 Å². The van der Waals surface area contributed by atoms with Gasteiger partial charge in [0.05, 0.1) is 19.1 Å². The van der Waals surface area contributed by atoms with E-state index >= 15 is 0 Å². The maximum Gasteiger partial charge on any atom is 0.573 e. The molecule has 2 heterocycles. The number of nitrogens with one attached hydrogen (secondary N) is 2. The van der Waals surface area contributed by atoms with Crippen LogP contribution in [0.5, 0.6) is 5.75 Å². The molecule has 0 bridgehead atoms. The van der Waals surface area contributed by atoms with Crippen molar-refractivity contribution in [3.05, 3.63) is 47.5 Å². The van der Waals surface area contributed by atoms with Crippen LogP contribution in [-0.4, -0.2) is 52.9 Å². The highest BCUT2D eigenvalue weighted by Gasteiger charge is 2.39. The number of urea groups is 1. The molecule has 0 unspecified atom stereocenters. The van der Waals surface area contributed by atoms with Gasteiger partial charge in [0, 0.05) is 24.2 Å². The first-order chi connectivity index (χ1) is 13.7. The summed E-state index contributed by atoms with van der Waals surface area (Å²) in [5, 5.41) is 2.50. The van der Waals surface area contributed by atoms with Crippen LogP contribution in [0, 0.1) is 0 Å². The Kier molecular flexibility index (Phi) is 5.66. The first-order valence-electron chi connectivity index (χ1n) is 8.73. The SMILES string of the molecule is COC(=O)[C@H](C)NC(=O)N1CCc2[nH]cnc2[C@H]1c1ccccc1OC(F)(F)F. The van der Waals surface area contributed by atoms with E-state index in [1.165, 1.54) is 43.5 Å². The van der Waals surface area contributed by atoms with Crippen molar-refractivity contribution in [2.24, 2.45) is 0 Å². The number of aromatic nitrogens is 2. The van der Waals surface area contributed by atoms with Crippen molar-refractivity contribution in [1.29, 1.82) is 0 Å². The van der Waals surface area contributed by atoms with E-state index in [2.05, 4.69) is 24.8 Å². The number of hydrogen-bond donors (Lipinski definition) is 2. The van der Waals surface area contributed by atoms with Crippen LogP contribution in [0.25, 0.3) is 0 Å². The van der Waals surface area contributed by atoms with E-state index in [1.54, 1.807) is 6.07 Å². The van der Waals surface area contributed by atoms with Gasteiger partial charge in [0.25, 0.3) is 0 Å². The summed E-state index contributed by atoms with van der Waals surface area (Å²) in [6, 6.07) is 3.07. The van der Waals surface area contributed by atoms with Gasteiger partial charge in [-0.15, -0.1) is 13.2 Å². The summed E-state index contributed by atoms with van der Waals surface area (Å²) in [5.41, 5.74) is 1.25. The molecule has 2 N–H and O–H groups in total. The Hall–Kier alpha value is -3.24. The van der Waals surface area contributed by atoms with Gasteiger partial charge >= 0.3 is 18.4 Å². The zero-order valence-corrected chi connectivity index (χ0v) is 15.6. The first kappa shape index (κ1) is 20.5. The number of esters is 1. The number of fused-ring (bicyclic) bond motifs is 1. The zero-order valence-electron chi connectivity index (χ0n) is 15.6. The van der Waals surface area contributed by atoms with E-state index < -0.39 is 36.2 Å². The number of imidazole rings is 1. The van der Waals surface area contributed by atoms with Crippen LogP contribution in [-0.2, 0) is 16.0 Å². The molecule has 2 atom stereocenters. The molecule has 2 aromatic rings. The van der Waals surface area contributed by atoms with Crippen LogP contribution < -0.4 is 10.1 Å². The standard InChI is InChI=1S/C18H19F3N4O4/c1-10(16(26)28-2)24-17(27)25-8-7-12-14(23-9-22-12)15(25)11-5-3-4-6-13(11)29-18(19,20)21/h3-6,9-10,15H,7-8H2,1-2H3,(H,22,23)(H,24,27)/t10-,15+/m0/s1. The molecule has 29 heavy (non-hydrogen) atoms. The van der Waals surface area contributed by atoms with E-state index in [-0.39, 0.29) is 12.1 Å². The third kappa shape index (κ3) is 4.44. The summed E-state index contributed by atoms with van der Waals surface area (Å²) >= 11 is 0. The average molecular weight is 412 g/mol. The average Bonchev–Trinajstić information content (AvgIpc) is 3.14. The lowest BCUT2D eigenvalue weighted by Gasteiger charge is -2.36. The van der Waals surface area contributed by atoms with Crippen molar-refractivity contribution in [3.63, 3.8) is 0 Å². The fourth-order valence-electron chi connectivity index (χ4n) is 3.24. The number of halogens is 3. The summed E-state index contributed by atoms with van der Waals surface area (Å²) in [6.45, 7) is 1.64. The lowest BCUT2D eigenvalue weighted by atomic mass is 9.95. The van der Waals surface area contributed by atoms with Gasteiger partial charge in [0.2, 0.25) is 0 Å². The second-order valence-electron chi connectivity index (χ2n) is 6.39. The number of amides is 2. The second kappa shape index (κ2) is 8.02. The fraction of sp³-hybridized carbons (Fsp3) is 0.389. The summed E-state index contributed by atoms with van der Waals surface area (Å²) in [4.78, 5) is 33.0. The molecule has 11 heteroatoms. The molecule has 1 aliphatic rings. The number of hydrogen-bond acceptors (Lipinski definition) is 5. The van der Waals surface area contributed by atoms with E-state index in [0.29, 0.717) is 17.8 Å². The second-order valence-corrected chi connectivity index (χ2v) is 6.39. The van der Waals surface area contributed by atoms with Gasteiger partial charge in [-0.25, -0.2) is 14.6 Å². The molecule has 1 aromatic carbocycles. The van der Waals surface area contributed by atoms with Crippen LogP contribution in [0.1, 0.15) is 29.9 Å². The van der Waals surface area contributed by atoms with Gasteiger partial charge in [-0.2, -0.15) is 0 Å². The van der Waals surface area contributed by atoms with Gasteiger partial charge < -0.3 is 24.7 Å². The maximum absolute atomic E-state index is 12.9. The number of ether oxygens (including phenoxy) is 2. The summed E-state index contributed by atoms with van der Waals surface area (Å²) in [6.07, 6.45) is -3.05. The third-order valence-corrected chi connectivity index (χ3v) is 4.52. The van der Waals surface area contributed by atoms with Crippen molar-refractivity contribution >= 4 is 12.0 Å². The number of nitrogens with zero attached hydrogens (tertiary/aromatic N) is 2. The molecule has 0 radical (unpaired) electrons. The van der Waals surface area contributed by atoms with Gasteiger partial charge in [-0.05, 0) is 13.0 Å². The van der Waals surface area contributed by atoms with Crippen LogP contribution in [0.15, 0.2) is 30.6 Å². The van der Waals surface area contributed by atoms with E-state index in [4.69, 9.17) is 0 Å². The highest BCUT2D eigenvalue weighted by molar-refractivity contribution is 5.83. The summed E-state index contributed by atoms with van der Waals surface area (Å²) in [7, 11) is 1.19. The fourth-order valence-corrected chi connectivity index (χ4v) is 3.24. The van der Waals surface area contributed by atoms with Crippen molar-refractivity contribution < 1.29 is 32.2 Å². The van der Waals surface area contributed by atoms with Crippen molar-refractivity contribution in [3.8, 4) is 5.75 Å². The quantitative estimate of drug-likeness (QED) is 0.753. The molecule has 0 aliphatic carbocycles. The predicted octanol–water partition coefficient (Wildman–Crippen LogP) is 2.53. The monoisotopic (exact) mass is 412 g/mol. The van der Waals surface area contributed by atoms with E-state index in [1.807, 2.05) is 0 Å². The van der Waals surface area contributed by atoms with Gasteiger partial charge in [0.1, 0.15) is 17.8 Å². The number of carbonyl (C=O) groups is 2. The minimum Gasteiger partial charge on any atom is -0.467 e. The van der Waals surface area contributed by atoms with E-state index in [0.717, 1.165) is 0 Å². The molecule has 156 valence electrons. The highest BCUT2D eigenvalue weighted by Crippen LogP contribution is 2.39. The topological polar surface area (TPSA) is 96.6 Å². The van der Waals surface area contributed by atoms with Crippen molar-refractivity contribution in [2.75, 3.05) is 13.7 Å². The molecule has 1 aromatic heterocycles. The van der Waals surface area contributed by atoms with Crippen LogP contribution in [0.4, 0.5) is 18.0 Å². The minimum absolute atomic E-state index is 0.124. The number of carbonyl (C=O) groups excluding carboxylic acids is 2. The number of para-hydroxylation sites is 1. The number of methoxy groups -OCH3 is 1. The summed E-state index contributed by atoms with van der Waals surface area (Å²) < 4.78 is 47.4. The lowest BCUT2D eigenvalue weighted by Crippen LogP contribution is -2.50. The van der Waals surface area contributed by atoms with Crippen molar-refractivity contribution in [2.45, 2.75) is 31.8 Å². The molecule has 2 amide bonds. The molecule has 0 fully saturated rings. The van der Waals surface area contributed by atoms with Gasteiger partial charge in [-0.3, -0.25) is 0 Å². The van der Waals surface area contributed by atoms with Gasteiger partial charge in [0.15, 0.2) is 0 Å². The molecular weight excluding hydrogens is 393 g/mol. The Morgan fingerprint density at radius 2 is 2.07 bits per heavy atom. The molecule has 0 saturated heterocycles. The van der Waals surface area contributed by atoms with E-state index in [9.17, 15) is 22.8 Å². The Labute approximate surface area is 164 Å². The molecular formula is C18H19F3N4O4. The number of aromatic amines is 1. The number of rotatable bonds is 4. The molecule has 8 nitrogen and oxygen atoms in total. The van der Waals surface area contributed by atoms with Crippen LogP contribution in [0.3, 0.4) is 0 Å². The Bertz CT molecular complexity index is 899. The van der Waals surface area contributed by atoms with Crippen LogP contribution >= 0.6 is 0 Å². The lowest BCUT2D eigenvalue weighted by molar-refractivity contribution is -0.275. The number of H-pyrrole nitrogens is 1. The first-order valence-corrected chi connectivity index (χ1v) is 8.73. The maximum atomic E-state index is 12.9. The smallest absolute Gasteiger partial charge is 0.467 e. The number of benzene rings is 1. The molecule has 0 saturated carbocycles. The minimum atomic E-state index is -4.90. The molecule has 3 rings (SSSR count). The summed E-state index contributed by atoms with van der Waals surface area (Å²) in [5.74, 6) is -1.08. The van der Waals surface area contributed by atoms with Crippen LogP contribution in [0.2, 0.25) is 0 Å². The third-order valence-electron chi connectivity index (χ3n) is 4.52. The Morgan fingerprint density at radius 3 is 2.76 bits per heavy atom. The Morgan fingerprint density at radius 1 is 1.34 bits per heavy atom. The number of alkyl halides is 3. The predicted molar refractivity (Wildman–Crippen MR) is 94.0 cm³/mol. The highest BCUT2D eigenvalue weighted by atomic mass is 19.4. The Balaban J connectivity index is 1.99. The largest absolute Gasteiger partial charge is 0.573 e.